The third-order valence-corrected chi connectivity index (χ3v) is 7.31. The van der Waals surface area contributed by atoms with Crippen molar-refractivity contribution in [1.29, 1.82) is 0 Å². The average molecular weight is 414 g/mol. The van der Waals surface area contributed by atoms with Crippen molar-refractivity contribution in [3.05, 3.63) is 33.5 Å². The molecular formula is C21H22N2O5S. The SMILES string of the molecule is Cc1coc(-c2c(NC(=O)C3=C(C(=O)O)C4CCC3CC4)sc3c2CCOC3)n1. The number of oxazole rings is 1. The van der Waals surface area contributed by atoms with Gasteiger partial charge < -0.3 is 19.6 Å². The van der Waals surface area contributed by atoms with Crippen LogP contribution in [0.1, 0.15) is 41.8 Å². The van der Waals surface area contributed by atoms with Gasteiger partial charge in [-0.2, -0.15) is 0 Å². The highest BCUT2D eigenvalue weighted by Crippen LogP contribution is 2.47. The minimum atomic E-state index is -0.966. The summed E-state index contributed by atoms with van der Waals surface area (Å²) in [6, 6.07) is 0. The molecule has 1 amide bonds. The lowest BCUT2D eigenvalue weighted by Crippen LogP contribution is -2.35. The lowest BCUT2D eigenvalue weighted by molar-refractivity contribution is -0.134. The van der Waals surface area contributed by atoms with Crippen LogP contribution in [0.4, 0.5) is 5.00 Å². The molecule has 2 aromatic heterocycles. The highest BCUT2D eigenvalue weighted by molar-refractivity contribution is 7.17. The second-order valence-corrected chi connectivity index (χ2v) is 9.04. The summed E-state index contributed by atoms with van der Waals surface area (Å²) < 4.78 is 11.2. The second kappa shape index (κ2) is 7.11. The number of nitrogens with one attached hydrogen (secondary N) is 1. The molecule has 152 valence electrons. The van der Waals surface area contributed by atoms with Crippen LogP contribution in [0, 0.1) is 18.8 Å². The first-order valence-electron chi connectivity index (χ1n) is 9.96. The summed E-state index contributed by atoms with van der Waals surface area (Å²) in [4.78, 5) is 30.7. The molecule has 8 heteroatoms. The molecule has 0 saturated heterocycles. The lowest BCUT2D eigenvalue weighted by atomic mass is 9.66. The molecule has 1 saturated carbocycles. The zero-order valence-corrected chi connectivity index (χ0v) is 16.9. The van der Waals surface area contributed by atoms with Crippen LogP contribution < -0.4 is 5.32 Å². The number of anilines is 1. The summed E-state index contributed by atoms with van der Waals surface area (Å²) in [6.07, 6.45) is 5.79. The number of carbonyl (C=O) groups is 2. The Morgan fingerprint density at radius 2 is 1.93 bits per heavy atom. The zero-order chi connectivity index (χ0) is 20.1. The Kier molecular flexibility index (Phi) is 4.55. The van der Waals surface area contributed by atoms with Gasteiger partial charge >= 0.3 is 5.97 Å². The van der Waals surface area contributed by atoms with Gasteiger partial charge in [0.1, 0.15) is 11.3 Å². The van der Waals surface area contributed by atoms with Crippen LogP contribution >= 0.6 is 11.3 Å². The number of carbonyl (C=O) groups excluding carboxylic acids is 1. The summed E-state index contributed by atoms with van der Waals surface area (Å²) in [5.74, 6) is -0.781. The van der Waals surface area contributed by atoms with Gasteiger partial charge in [-0.3, -0.25) is 4.79 Å². The Balaban J connectivity index is 1.55. The number of nitrogens with zero attached hydrogens (tertiary/aromatic N) is 1. The summed E-state index contributed by atoms with van der Waals surface area (Å²) in [5, 5.41) is 13.4. The number of aliphatic carboxylic acids is 1. The minimum absolute atomic E-state index is 0.0166. The van der Waals surface area contributed by atoms with Crippen LogP contribution in [0.25, 0.3) is 11.5 Å². The van der Waals surface area contributed by atoms with Gasteiger partial charge in [0.15, 0.2) is 0 Å². The fourth-order valence-corrected chi connectivity index (χ4v) is 6.07. The van der Waals surface area contributed by atoms with Gasteiger partial charge in [-0.15, -0.1) is 11.3 Å². The molecule has 29 heavy (non-hydrogen) atoms. The molecule has 2 N–H and O–H groups in total. The predicted molar refractivity (Wildman–Crippen MR) is 107 cm³/mol. The Morgan fingerprint density at radius 3 is 2.59 bits per heavy atom. The van der Waals surface area contributed by atoms with E-state index in [9.17, 15) is 14.7 Å². The number of carboxylic acid groups (broad SMARTS) is 1. The number of aryl methyl sites for hydroxylation is 1. The molecular weight excluding hydrogens is 392 g/mol. The third kappa shape index (κ3) is 3.11. The van der Waals surface area contributed by atoms with Crippen molar-refractivity contribution in [1.82, 2.24) is 4.98 Å². The van der Waals surface area contributed by atoms with E-state index in [0.717, 1.165) is 53.8 Å². The molecule has 4 aliphatic rings. The summed E-state index contributed by atoms with van der Waals surface area (Å²) >= 11 is 1.46. The van der Waals surface area contributed by atoms with Crippen LogP contribution in [0.5, 0.6) is 0 Å². The number of carboxylic acids is 1. The van der Waals surface area contributed by atoms with Crippen molar-refractivity contribution in [3.63, 3.8) is 0 Å². The fraction of sp³-hybridized carbons (Fsp3) is 0.476. The van der Waals surface area contributed by atoms with E-state index in [-0.39, 0.29) is 17.7 Å². The molecule has 0 atom stereocenters. The fourth-order valence-electron chi connectivity index (χ4n) is 4.89. The largest absolute Gasteiger partial charge is 0.478 e. The van der Waals surface area contributed by atoms with E-state index >= 15 is 0 Å². The van der Waals surface area contributed by atoms with Gasteiger partial charge in [0.05, 0.1) is 24.5 Å². The van der Waals surface area contributed by atoms with Crippen LogP contribution in [-0.4, -0.2) is 28.6 Å². The minimum Gasteiger partial charge on any atom is -0.478 e. The van der Waals surface area contributed by atoms with Crippen molar-refractivity contribution >= 4 is 28.2 Å². The number of rotatable bonds is 4. The van der Waals surface area contributed by atoms with Crippen molar-refractivity contribution < 1.29 is 23.8 Å². The maximum Gasteiger partial charge on any atom is 0.332 e. The first-order valence-corrected chi connectivity index (χ1v) is 10.8. The van der Waals surface area contributed by atoms with Crippen molar-refractivity contribution in [2.75, 3.05) is 11.9 Å². The zero-order valence-electron chi connectivity index (χ0n) is 16.1. The number of hydrogen-bond acceptors (Lipinski definition) is 6. The predicted octanol–water partition coefficient (Wildman–Crippen LogP) is 3.92. The summed E-state index contributed by atoms with van der Waals surface area (Å²) in [6.45, 7) is 2.97. The molecule has 2 aromatic rings. The molecule has 1 aliphatic heterocycles. The quantitative estimate of drug-likeness (QED) is 0.786. The molecule has 0 aromatic carbocycles. The number of aromatic nitrogens is 1. The van der Waals surface area contributed by atoms with E-state index in [1.54, 1.807) is 6.26 Å². The molecule has 3 heterocycles. The van der Waals surface area contributed by atoms with Gasteiger partial charge in [-0.05, 0) is 56.4 Å². The molecule has 0 unspecified atom stereocenters. The topological polar surface area (TPSA) is 102 Å². The second-order valence-electron chi connectivity index (χ2n) is 7.94. The number of amides is 1. The van der Waals surface area contributed by atoms with E-state index in [2.05, 4.69) is 10.3 Å². The highest BCUT2D eigenvalue weighted by Gasteiger charge is 2.41. The van der Waals surface area contributed by atoms with Crippen LogP contribution in [-0.2, 0) is 27.4 Å². The Morgan fingerprint density at radius 1 is 1.21 bits per heavy atom. The maximum absolute atomic E-state index is 13.3. The van der Waals surface area contributed by atoms with Crippen LogP contribution in [0.15, 0.2) is 21.8 Å². The van der Waals surface area contributed by atoms with Crippen molar-refractivity contribution in [3.8, 4) is 11.5 Å². The molecule has 0 spiro atoms. The standard InChI is InChI=1S/C21H22N2O5S/c1-10-8-28-19(22-10)17-13-6-7-27-9-14(13)29-20(17)23-18(24)15-11-2-4-12(5-3-11)16(15)21(25)26/h8,11-12H,2-7,9H2,1H3,(H,23,24)(H,25,26). The van der Waals surface area contributed by atoms with E-state index in [0.29, 0.717) is 35.3 Å². The monoisotopic (exact) mass is 414 g/mol. The Labute approximate surface area is 171 Å². The first kappa shape index (κ1) is 18.6. The van der Waals surface area contributed by atoms with Gasteiger partial charge in [-0.25, -0.2) is 9.78 Å². The average Bonchev–Trinajstić information content (AvgIpc) is 3.30. The number of hydrogen-bond donors (Lipinski definition) is 2. The van der Waals surface area contributed by atoms with Crippen molar-refractivity contribution in [2.45, 2.75) is 45.6 Å². The maximum atomic E-state index is 13.3. The van der Waals surface area contributed by atoms with E-state index in [4.69, 9.17) is 9.15 Å². The van der Waals surface area contributed by atoms with Gasteiger partial charge in [-0.1, -0.05) is 0 Å². The lowest BCUT2D eigenvalue weighted by Gasteiger charge is -2.37. The normalized spacial score (nSPS) is 23.2. The number of ether oxygens (including phenoxy) is 1. The number of fused-ring (bicyclic) bond motifs is 3. The Hall–Kier alpha value is -2.45. The summed E-state index contributed by atoms with van der Waals surface area (Å²) in [7, 11) is 0. The molecule has 7 nitrogen and oxygen atoms in total. The molecule has 1 fully saturated rings. The highest BCUT2D eigenvalue weighted by atomic mass is 32.1. The van der Waals surface area contributed by atoms with Gasteiger partial charge in [0.2, 0.25) is 5.89 Å². The van der Waals surface area contributed by atoms with E-state index < -0.39 is 5.97 Å². The Bertz CT molecular complexity index is 1030. The van der Waals surface area contributed by atoms with Crippen molar-refractivity contribution in [2.24, 2.45) is 11.8 Å². The summed E-state index contributed by atoms with van der Waals surface area (Å²) in [5.41, 5.74) is 3.43. The molecule has 0 radical (unpaired) electrons. The number of thiophene rings is 1. The molecule has 6 rings (SSSR count). The molecule has 3 aliphatic carbocycles. The van der Waals surface area contributed by atoms with Crippen LogP contribution in [0.3, 0.4) is 0 Å². The smallest absolute Gasteiger partial charge is 0.332 e. The van der Waals surface area contributed by atoms with E-state index in [1.807, 2.05) is 6.92 Å². The van der Waals surface area contributed by atoms with Crippen LogP contribution in [0.2, 0.25) is 0 Å². The first-order chi connectivity index (χ1) is 14.0. The van der Waals surface area contributed by atoms with Gasteiger partial charge in [0.25, 0.3) is 5.91 Å². The van der Waals surface area contributed by atoms with Gasteiger partial charge in [0, 0.05) is 16.0 Å². The van der Waals surface area contributed by atoms with E-state index in [1.165, 1.54) is 11.3 Å². The molecule has 2 bridgehead atoms. The third-order valence-electron chi connectivity index (χ3n) is 6.19.